The summed E-state index contributed by atoms with van der Waals surface area (Å²) in [6, 6.07) is 9.89. The van der Waals surface area contributed by atoms with Crippen LogP contribution < -0.4 is 11.3 Å². The van der Waals surface area contributed by atoms with Crippen LogP contribution in [0.3, 0.4) is 0 Å². The fourth-order valence-corrected chi connectivity index (χ4v) is 2.41. The van der Waals surface area contributed by atoms with E-state index in [2.05, 4.69) is 32.0 Å². The van der Waals surface area contributed by atoms with Crippen LogP contribution in [-0.4, -0.2) is 4.57 Å². The Labute approximate surface area is 120 Å². The number of hydrogen-bond donors (Lipinski definition) is 1. The van der Waals surface area contributed by atoms with Gasteiger partial charge in [0.05, 0.1) is 5.69 Å². The first kappa shape index (κ1) is 14.5. The molecule has 0 fully saturated rings. The molecule has 106 valence electrons. The molecule has 3 nitrogen and oxygen atoms in total. The number of nitrogens with two attached hydrogens (primary N) is 1. The van der Waals surface area contributed by atoms with Crippen molar-refractivity contribution in [3.05, 3.63) is 57.4 Å². The van der Waals surface area contributed by atoms with Gasteiger partial charge >= 0.3 is 0 Å². The highest BCUT2D eigenvalue weighted by Crippen LogP contribution is 2.22. The van der Waals surface area contributed by atoms with E-state index in [1.54, 1.807) is 4.57 Å². The van der Waals surface area contributed by atoms with Crippen LogP contribution in [0.25, 0.3) is 11.3 Å². The van der Waals surface area contributed by atoms with Crippen molar-refractivity contribution in [3.8, 4) is 11.3 Å². The number of rotatable bonds is 3. The highest BCUT2D eigenvalue weighted by Gasteiger charge is 2.12. The molecule has 3 heteroatoms. The van der Waals surface area contributed by atoms with Crippen LogP contribution in [0.4, 0.5) is 0 Å². The highest BCUT2D eigenvalue weighted by molar-refractivity contribution is 5.61. The van der Waals surface area contributed by atoms with E-state index in [1.807, 2.05) is 26.0 Å². The molecule has 2 aromatic rings. The van der Waals surface area contributed by atoms with Gasteiger partial charge in [-0.05, 0) is 62.6 Å². The van der Waals surface area contributed by atoms with E-state index < -0.39 is 0 Å². The molecule has 0 saturated carbocycles. The fraction of sp³-hybridized carbons (Fsp3) is 0.353. The van der Waals surface area contributed by atoms with E-state index in [9.17, 15) is 4.79 Å². The van der Waals surface area contributed by atoms with Crippen molar-refractivity contribution in [2.45, 2.75) is 40.3 Å². The van der Waals surface area contributed by atoms with Gasteiger partial charge in [0.15, 0.2) is 0 Å². The molecule has 0 aliphatic heterocycles. The van der Waals surface area contributed by atoms with Crippen molar-refractivity contribution in [1.82, 2.24) is 4.57 Å². The Kier molecular flexibility index (Phi) is 4.09. The highest BCUT2D eigenvalue weighted by atomic mass is 16.1. The minimum absolute atomic E-state index is 0.0122. The summed E-state index contributed by atoms with van der Waals surface area (Å²) in [5.41, 5.74) is 11.0. The van der Waals surface area contributed by atoms with Crippen LogP contribution in [0.15, 0.2) is 35.1 Å². The molecule has 0 aliphatic carbocycles. The van der Waals surface area contributed by atoms with Gasteiger partial charge in [0.25, 0.3) is 5.56 Å². The lowest BCUT2D eigenvalue weighted by Gasteiger charge is -2.15. The average molecular weight is 270 g/mol. The summed E-state index contributed by atoms with van der Waals surface area (Å²) in [4.78, 5) is 12.5. The summed E-state index contributed by atoms with van der Waals surface area (Å²) in [6.45, 7) is 8.64. The summed E-state index contributed by atoms with van der Waals surface area (Å²) in [5, 5.41) is 0. The summed E-state index contributed by atoms with van der Waals surface area (Å²) in [5.74, 6) is 0. The second kappa shape index (κ2) is 5.63. The zero-order chi connectivity index (χ0) is 14.9. The van der Waals surface area contributed by atoms with E-state index in [0.717, 1.165) is 11.3 Å². The maximum Gasteiger partial charge on any atom is 0.255 e. The van der Waals surface area contributed by atoms with E-state index in [4.69, 9.17) is 5.73 Å². The second-order valence-electron chi connectivity index (χ2n) is 5.31. The standard InChI is InChI=1S/C17H22N2O/c1-5-19-16(9-8-15(13(4)18)17(19)20)14-7-6-11(2)12(3)10-14/h6-10,13H,5,18H2,1-4H3. The van der Waals surface area contributed by atoms with Crippen molar-refractivity contribution in [1.29, 1.82) is 0 Å². The number of pyridine rings is 1. The van der Waals surface area contributed by atoms with Crippen molar-refractivity contribution in [3.63, 3.8) is 0 Å². The molecule has 0 spiro atoms. The zero-order valence-corrected chi connectivity index (χ0v) is 12.6. The van der Waals surface area contributed by atoms with Gasteiger partial charge in [-0.3, -0.25) is 4.79 Å². The molecule has 0 aliphatic rings. The van der Waals surface area contributed by atoms with Crippen LogP contribution >= 0.6 is 0 Å². The number of aromatic nitrogens is 1. The summed E-state index contributed by atoms with van der Waals surface area (Å²) >= 11 is 0. The van der Waals surface area contributed by atoms with E-state index in [-0.39, 0.29) is 11.6 Å². The summed E-state index contributed by atoms with van der Waals surface area (Å²) in [6.07, 6.45) is 0. The fourth-order valence-electron chi connectivity index (χ4n) is 2.41. The number of benzene rings is 1. The topological polar surface area (TPSA) is 48.0 Å². The molecule has 2 N–H and O–H groups in total. The largest absolute Gasteiger partial charge is 0.324 e. The predicted molar refractivity (Wildman–Crippen MR) is 83.9 cm³/mol. The first-order valence-electron chi connectivity index (χ1n) is 7.02. The van der Waals surface area contributed by atoms with Crippen molar-refractivity contribution in [2.24, 2.45) is 5.73 Å². The van der Waals surface area contributed by atoms with Gasteiger partial charge in [0, 0.05) is 18.2 Å². The molecule has 20 heavy (non-hydrogen) atoms. The average Bonchev–Trinajstić information content (AvgIpc) is 2.41. The van der Waals surface area contributed by atoms with Crippen LogP contribution in [0.1, 0.15) is 36.6 Å². The van der Waals surface area contributed by atoms with Crippen LogP contribution in [0, 0.1) is 13.8 Å². The third kappa shape index (κ3) is 2.54. The Balaban J connectivity index is 2.65. The quantitative estimate of drug-likeness (QED) is 0.931. The monoisotopic (exact) mass is 270 g/mol. The lowest BCUT2D eigenvalue weighted by molar-refractivity contribution is 0.699. The van der Waals surface area contributed by atoms with Crippen LogP contribution in [0.5, 0.6) is 0 Å². The van der Waals surface area contributed by atoms with E-state index in [0.29, 0.717) is 12.1 Å². The van der Waals surface area contributed by atoms with Crippen molar-refractivity contribution in [2.75, 3.05) is 0 Å². The minimum atomic E-state index is -0.242. The first-order valence-corrected chi connectivity index (χ1v) is 7.02. The number of hydrogen-bond acceptors (Lipinski definition) is 2. The lowest BCUT2D eigenvalue weighted by Crippen LogP contribution is -2.27. The predicted octanol–water partition coefficient (Wildman–Crippen LogP) is 3.17. The van der Waals surface area contributed by atoms with Gasteiger partial charge < -0.3 is 10.3 Å². The van der Waals surface area contributed by atoms with Gasteiger partial charge in [0.1, 0.15) is 0 Å². The molecule has 1 aromatic heterocycles. The molecule has 0 bridgehead atoms. The molecule has 2 rings (SSSR count). The SMILES string of the molecule is CCn1c(-c2ccc(C)c(C)c2)ccc(C(C)N)c1=O. The Morgan fingerprint density at radius 2 is 1.85 bits per heavy atom. The Bertz CT molecular complexity index is 684. The van der Waals surface area contributed by atoms with Crippen molar-refractivity contribution >= 4 is 0 Å². The van der Waals surface area contributed by atoms with Gasteiger partial charge in [0.2, 0.25) is 0 Å². The van der Waals surface area contributed by atoms with Gasteiger partial charge in [-0.1, -0.05) is 12.1 Å². The summed E-state index contributed by atoms with van der Waals surface area (Å²) in [7, 11) is 0. The molecule has 0 radical (unpaired) electrons. The number of aryl methyl sites for hydroxylation is 2. The molecule has 0 saturated heterocycles. The van der Waals surface area contributed by atoms with E-state index >= 15 is 0 Å². The second-order valence-corrected chi connectivity index (χ2v) is 5.31. The van der Waals surface area contributed by atoms with Gasteiger partial charge in [-0.25, -0.2) is 0 Å². The number of nitrogens with zero attached hydrogens (tertiary/aromatic N) is 1. The van der Waals surface area contributed by atoms with E-state index in [1.165, 1.54) is 11.1 Å². The molecular weight excluding hydrogens is 248 g/mol. The first-order chi connectivity index (χ1) is 9.45. The minimum Gasteiger partial charge on any atom is -0.324 e. The zero-order valence-electron chi connectivity index (χ0n) is 12.6. The van der Waals surface area contributed by atoms with Gasteiger partial charge in [-0.2, -0.15) is 0 Å². The Morgan fingerprint density at radius 1 is 1.15 bits per heavy atom. The van der Waals surface area contributed by atoms with Crippen molar-refractivity contribution < 1.29 is 0 Å². The Hall–Kier alpha value is -1.87. The third-order valence-electron chi connectivity index (χ3n) is 3.81. The lowest BCUT2D eigenvalue weighted by atomic mass is 10.0. The molecule has 1 atom stereocenters. The molecular formula is C17H22N2O. The van der Waals surface area contributed by atoms with Crippen LogP contribution in [-0.2, 0) is 6.54 Å². The molecule has 1 unspecified atom stereocenters. The molecule has 1 aromatic carbocycles. The van der Waals surface area contributed by atoms with Crippen LogP contribution in [0.2, 0.25) is 0 Å². The normalized spacial score (nSPS) is 12.4. The Morgan fingerprint density at radius 3 is 2.40 bits per heavy atom. The van der Waals surface area contributed by atoms with Gasteiger partial charge in [-0.15, -0.1) is 0 Å². The summed E-state index contributed by atoms with van der Waals surface area (Å²) < 4.78 is 1.79. The third-order valence-corrected chi connectivity index (χ3v) is 3.81. The molecule has 1 heterocycles. The maximum atomic E-state index is 12.5. The molecule has 0 amide bonds. The smallest absolute Gasteiger partial charge is 0.255 e. The maximum absolute atomic E-state index is 12.5.